The minimum absolute atomic E-state index is 0.157. The molecule has 0 heterocycles. The minimum atomic E-state index is 0.157. The van der Waals surface area contributed by atoms with Gasteiger partial charge < -0.3 is 0 Å². The number of rotatable bonds is 5. The number of Topliss-reactive ketones (excluding diaryl/α,β-unsaturated/α-hetero) is 1. The molecule has 0 aromatic carbocycles. The standard InChI is InChI=1S/C27H44O/c1-17(2)7-6-8-18(3)21-9-10-22-20-15-24(28)27-16-19(27)11-14-26(27,5)23(20)12-13-25(21,22)4/h17-23H,6-16H2,1-5H3/t18-,19+,20+,21+,22+,23-,25+,26+,27-/m0/s1. The Morgan fingerprint density at radius 3 is 2.46 bits per heavy atom. The Morgan fingerprint density at radius 1 is 0.964 bits per heavy atom. The Bertz CT molecular complexity index is 651. The van der Waals surface area contributed by atoms with Gasteiger partial charge in [0.05, 0.1) is 0 Å². The fraction of sp³-hybridized carbons (Fsp3) is 0.963. The van der Waals surface area contributed by atoms with E-state index >= 15 is 0 Å². The monoisotopic (exact) mass is 384 g/mol. The lowest BCUT2D eigenvalue weighted by molar-refractivity contribution is -0.151. The molecule has 0 amide bonds. The second-order valence-corrected chi connectivity index (χ2v) is 12.9. The van der Waals surface area contributed by atoms with Gasteiger partial charge in [0.2, 0.25) is 0 Å². The Labute approximate surface area is 173 Å². The maximum atomic E-state index is 13.4. The van der Waals surface area contributed by atoms with Crippen LogP contribution in [0.1, 0.15) is 105 Å². The van der Waals surface area contributed by atoms with Crippen molar-refractivity contribution in [2.45, 2.75) is 105 Å². The smallest absolute Gasteiger partial charge is 0.140 e. The molecule has 5 aliphatic rings. The van der Waals surface area contributed by atoms with Crippen LogP contribution in [0.3, 0.4) is 0 Å². The normalized spacial score (nSPS) is 52.8. The lowest BCUT2D eigenvalue weighted by Gasteiger charge is -2.58. The minimum Gasteiger partial charge on any atom is -0.299 e. The van der Waals surface area contributed by atoms with Crippen LogP contribution in [-0.4, -0.2) is 5.78 Å². The van der Waals surface area contributed by atoms with Crippen molar-refractivity contribution in [2.24, 2.45) is 57.7 Å². The molecular weight excluding hydrogens is 340 g/mol. The fourth-order valence-electron chi connectivity index (χ4n) is 10.0. The summed E-state index contributed by atoms with van der Waals surface area (Å²) in [6, 6.07) is 0. The predicted octanol–water partition coefficient (Wildman–Crippen LogP) is 7.29. The van der Waals surface area contributed by atoms with Crippen LogP contribution in [0.4, 0.5) is 0 Å². The van der Waals surface area contributed by atoms with E-state index in [0.717, 1.165) is 41.9 Å². The number of carbonyl (C=O) groups is 1. The molecule has 1 spiro atoms. The number of hydrogen-bond donors (Lipinski definition) is 0. The maximum Gasteiger partial charge on any atom is 0.140 e. The number of carbonyl (C=O) groups excluding carboxylic acids is 1. The average molecular weight is 385 g/mol. The molecule has 0 aromatic heterocycles. The van der Waals surface area contributed by atoms with Crippen molar-refractivity contribution in [3.05, 3.63) is 0 Å². The van der Waals surface area contributed by atoms with E-state index in [-0.39, 0.29) is 5.41 Å². The molecule has 0 aliphatic heterocycles. The van der Waals surface area contributed by atoms with Gasteiger partial charge in [-0.25, -0.2) is 0 Å². The van der Waals surface area contributed by atoms with Crippen LogP contribution < -0.4 is 0 Å². The highest BCUT2D eigenvalue weighted by Crippen LogP contribution is 2.80. The topological polar surface area (TPSA) is 17.1 Å². The molecule has 5 aliphatic carbocycles. The highest BCUT2D eigenvalue weighted by molar-refractivity contribution is 5.91. The lowest BCUT2D eigenvalue weighted by Crippen LogP contribution is -2.55. The van der Waals surface area contributed by atoms with E-state index in [2.05, 4.69) is 34.6 Å². The number of hydrogen-bond acceptors (Lipinski definition) is 1. The maximum absolute atomic E-state index is 13.4. The van der Waals surface area contributed by atoms with Crippen molar-refractivity contribution in [1.29, 1.82) is 0 Å². The van der Waals surface area contributed by atoms with Gasteiger partial charge in [-0.05, 0) is 97.2 Å². The van der Waals surface area contributed by atoms with Crippen LogP contribution >= 0.6 is 0 Å². The molecule has 0 bridgehead atoms. The first-order chi connectivity index (χ1) is 13.2. The molecule has 0 radical (unpaired) electrons. The van der Waals surface area contributed by atoms with Gasteiger partial charge in [0.1, 0.15) is 5.78 Å². The Hall–Kier alpha value is -0.330. The highest BCUT2D eigenvalue weighted by Gasteiger charge is 2.77. The Morgan fingerprint density at radius 2 is 1.75 bits per heavy atom. The molecule has 5 fully saturated rings. The molecule has 1 nitrogen and oxygen atoms in total. The largest absolute Gasteiger partial charge is 0.299 e. The molecule has 1 heteroatoms. The third-order valence-electron chi connectivity index (χ3n) is 11.5. The summed E-state index contributed by atoms with van der Waals surface area (Å²) in [5.74, 6) is 6.49. The molecule has 9 atom stereocenters. The van der Waals surface area contributed by atoms with Gasteiger partial charge in [-0.1, -0.05) is 53.9 Å². The lowest BCUT2D eigenvalue weighted by atomic mass is 9.45. The van der Waals surface area contributed by atoms with E-state index < -0.39 is 0 Å². The van der Waals surface area contributed by atoms with E-state index in [1.54, 1.807) is 0 Å². The number of ketones is 1. The van der Waals surface area contributed by atoms with Crippen molar-refractivity contribution >= 4 is 5.78 Å². The summed E-state index contributed by atoms with van der Waals surface area (Å²) in [4.78, 5) is 13.4. The summed E-state index contributed by atoms with van der Waals surface area (Å²) in [6.07, 6.45) is 14.8. The zero-order valence-electron chi connectivity index (χ0n) is 19.2. The van der Waals surface area contributed by atoms with E-state index in [0.29, 0.717) is 22.5 Å². The first-order valence-corrected chi connectivity index (χ1v) is 12.8. The Kier molecular flexibility index (Phi) is 4.44. The Balaban J connectivity index is 1.35. The van der Waals surface area contributed by atoms with Crippen LogP contribution in [-0.2, 0) is 4.79 Å². The van der Waals surface area contributed by atoms with E-state index in [9.17, 15) is 4.79 Å². The summed E-state index contributed by atoms with van der Waals surface area (Å²) in [7, 11) is 0. The molecule has 0 aromatic rings. The van der Waals surface area contributed by atoms with Gasteiger partial charge in [0.25, 0.3) is 0 Å². The average Bonchev–Trinajstić information content (AvgIpc) is 3.15. The molecule has 0 saturated heterocycles. The van der Waals surface area contributed by atoms with Crippen molar-refractivity contribution in [1.82, 2.24) is 0 Å². The quantitative estimate of drug-likeness (QED) is 0.486. The third-order valence-corrected chi connectivity index (χ3v) is 11.5. The molecule has 5 rings (SSSR count). The van der Waals surface area contributed by atoms with Crippen molar-refractivity contribution in [3.8, 4) is 0 Å². The van der Waals surface area contributed by atoms with Crippen LogP contribution in [0, 0.1) is 57.7 Å². The zero-order valence-corrected chi connectivity index (χ0v) is 19.2. The van der Waals surface area contributed by atoms with Crippen molar-refractivity contribution in [2.75, 3.05) is 0 Å². The van der Waals surface area contributed by atoms with E-state index in [1.165, 1.54) is 64.2 Å². The van der Waals surface area contributed by atoms with Crippen LogP contribution in [0.2, 0.25) is 0 Å². The van der Waals surface area contributed by atoms with Crippen molar-refractivity contribution < 1.29 is 4.79 Å². The molecular formula is C27H44O. The van der Waals surface area contributed by atoms with Crippen molar-refractivity contribution in [3.63, 3.8) is 0 Å². The SMILES string of the molecule is CC(C)CCC[C@H](C)[C@H]1CC[C@@H]2[C@H]3CC(=O)[C@]45C[C@H]4CC[C@]5(C)[C@H]3CC[C@@]21C. The summed E-state index contributed by atoms with van der Waals surface area (Å²) in [6.45, 7) is 12.5. The predicted molar refractivity (Wildman–Crippen MR) is 116 cm³/mol. The molecule has 158 valence electrons. The molecule has 0 N–H and O–H groups in total. The van der Waals surface area contributed by atoms with Gasteiger partial charge in [-0.15, -0.1) is 0 Å². The first kappa shape index (κ1) is 19.6. The van der Waals surface area contributed by atoms with Gasteiger partial charge in [-0.2, -0.15) is 0 Å². The van der Waals surface area contributed by atoms with Crippen LogP contribution in [0.25, 0.3) is 0 Å². The van der Waals surface area contributed by atoms with Gasteiger partial charge in [0, 0.05) is 11.8 Å². The van der Waals surface area contributed by atoms with E-state index in [1.807, 2.05) is 0 Å². The summed E-state index contributed by atoms with van der Waals surface area (Å²) >= 11 is 0. The van der Waals surface area contributed by atoms with E-state index in [4.69, 9.17) is 0 Å². The second-order valence-electron chi connectivity index (χ2n) is 12.9. The zero-order chi connectivity index (χ0) is 19.9. The summed E-state index contributed by atoms with van der Waals surface area (Å²) < 4.78 is 0. The molecule has 0 unspecified atom stereocenters. The molecule has 5 saturated carbocycles. The summed E-state index contributed by atoms with van der Waals surface area (Å²) in [5.41, 5.74) is 1.03. The van der Waals surface area contributed by atoms with Gasteiger partial charge in [-0.3, -0.25) is 4.79 Å². The summed E-state index contributed by atoms with van der Waals surface area (Å²) in [5, 5.41) is 0. The van der Waals surface area contributed by atoms with Gasteiger partial charge >= 0.3 is 0 Å². The van der Waals surface area contributed by atoms with Crippen LogP contribution in [0.15, 0.2) is 0 Å². The number of fused-ring (bicyclic) bond motifs is 4. The van der Waals surface area contributed by atoms with Gasteiger partial charge in [0.15, 0.2) is 0 Å². The first-order valence-electron chi connectivity index (χ1n) is 12.8. The second kappa shape index (κ2) is 6.34. The third kappa shape index (κ3) is 2.40. The molecule has 28 heavy (non-hydrogen) atoms. The fourth-order valence-corrected chi connectivity index (χ4v) is 10.0. The van der Waals surface area contributed by atoms with Crippen LogP contribution in [0.5, 0.6) is 0 Å². The highest BCUT2D eigenvalue weighted by atomic mass is 16.1.